The van der Waals surface area contributed by atoms with Gasteiger partial charge in [0.2, 0.25) is 0 Å². The average molecular weight is 225 g/mol. The third-order valence-corrected chi connectivity index (χ3v) is 2.54. The van der Waals surface area contributed by atoms with Crippen molar-refractivity contribution in [2.24, 2.45) is 0 Å². The molecule has 3 heteroatoms. The Balaban J connectivity index is 2.49. The second kappa shape index (κ2) is 4.06. The summed E-state index contributed by atoms with van der Waals surface area (Å²) in [4.78, 5) is 9.04. The summed E-state index contributed by atoms with van der Waals surface area (Å²) in [5, 5.41) is 3.22. The molecule has 0 aliphatic heterocycles. The number of nitrogens with one attached hydrogen (secondary N) is 1. The van der Waals surface area contributed by atoms with Crippen LogP contribution in [0.1, 0.15) is 19.5 Å². The van der Waals surface area contributed by atoms with Gasteiger partial charge < -0.3 is 5.32 Å². The van der Waals surface area contributed by atoms with Gasteiger partial charge in [-0.2, -0.15) is 0 Å². The second-order valence-corrected chi connectivity index (χ2v) is 4.54. The molecule has 1 aromatic carbocycles. The lowest BCUT2D eigenvalue weighted by Crippen LogP contribution is -2.29. The summed E-state index contributed by atoms with van der Waals surface area (Å²) >= 11 is 0. The fourth-order valence-corrected chi connectivity index (χ4v) is 1.54. The molecular formula is C14H15N3. The van der Waals surface area contributed by atoms with E-state index in [0.29, 0.717) is 0 Å². The number of anilines is 1. The molecule has 1 heterocycles. The first kappa shape index (κ1) is 11.4. The molecule has 0 radical (unpaired) electrons. The van der Waals surface area contributed by atoms with Crippen LogP contribution in [0, 0.1) is 19.3 Å². The summed E-state index contributed by atoms with van der Waals surface area (Å²) in [6.45, 7) is 5.79. The molecule has 0 fully saturated rings. The highest BCUT2D eigenvalue weighted by Gasteiger charge is 2.16. The maximum Gasteiger partial charge on any atom is 0.149 e. The van der Waals surface area contributed by atoms with E-state index in [0.717, 1.165) is 22.5 Å². The van der Waals surface area contributed by atoms with Gasteiger partial charge in [0, 0.05) is 0 Å². The molecule has 0 saturated carbocycles. The minimum Gasteiger partial charge on any atom is -0.353 e. The predicted molar refractivity (Wildman–Crippen MR) is 70.8 cm³/mol. The summed E-state index contributed by atoms with van der Waals surface area (Å²) < 4.78 is 0. The van der Waals surface area contributed by atoms with Gasteiger partial charge in [-0.25, -0.2) is 9.97 Å². The highest BCUT2D eigenvalue weighted by Crippen LogP contribution is 2.19. The zero-order valence-corrected chi connectivity index (χ0v) is 10.3. The number of aryl methyl sites for hydroxylation is 1. The van der Waals surface area contributed by atoms with Gasteiger partial charge in [-0.3, -0.25) is 0 Å². The minimum absolute atomic E-state index is 0.429. The van der Waals surface area contributed by atoms with Crippen LogP contribution in [0.4, 0.5) is 5.82 Å². The molecule has 0 aliphatic carbocycles. The molecule has 2 rings (SSSR count). The maximum absolute atomic E-state index is 5.46. The van der Waals surface area contributed by atoms with Crippen LogP contribution >= 0.6 is 0 Å². The van der Waals surface area contributed by atoms with E-state index in [1.807, 2.05) is 45.0 Å². The minimum atomic E-state index is -0.429. The SMILES string of the molecule is C#CC(C)(C)Nc1nc2ccccc2nc1C. The lowest BCUT2D eigenvalue weighted by molar-refractivity contribution is 0.734. The zero-order chi connectivity index (χ0) is 12.5. The first-order valence-corrected chi connectivity index (χ1v) is 5.51. The van der Waals surface area contributed by atoms with Crippen molar-refractivity contribution in [1.29, 1.82) is 0 Å². The summed E-state index contributed by atoms with van der Waals surface area (Å²) in [6.07, 6.45) is 5.46. The highest BCUT2D eigenvalue weighted by atomic mass is 15.1. The second-order valence-electron chi connectivity index (χ2n) is 4.54. The van der Waals surface area contributed by atoms with Crippen LogP contribution in [0.2, 0.25) is 0 Å². The number of aromatic nitrogens is 2. The van der Waals surface area contributed by atoms with Crippen molar-refractivity contribution in [3.05, 3.63) is 30.0 Å². The molecule has 0 saturated heterocycles. The summed E-state index contributed by atoms with van der Waals surface area (Å²) in [5.41, 5.74) is 2.19. The topological polar surface area (TPSA) is 37.8 Å². The van der Waals surface area contributed by atoms with Crippen LogP contribution in [0.5, 0.6) is 0 Å². The normalized spacial score (nSPS) is 11.2. The van der Waals surface area contributed by atoms with Crippen molar-refractivity contribution in [3.8, 4) is 12.3 Å². The van der Waals surface area contributed by atoms with Gasteiger partial charge in [0.05, 0.1) is 22.3 Å². The van der Waals surface area contributed by atoms with Crippen LogP contribution in [-0.4, -0.2) is 15.5 Å². The summed E-state index contributed by atoms with van der Waals surface area (Å²) in [7, 11) is 0. The molecule has 17 heavy (non-hydrogen) atoms. The van der Waals surface area contributed by atoms with Crippen molar-refractivity contribution >= 4 is 16.9 Å². The predicted octanol–water partition coefficient (Wildman–Crippen LogP) is 2.76. The van der Waals surface area contributed by atoms with E-state index >= 15 is 0 Å². The molecule has 0 bridgehead atoms. The van der Waals surface area contributed by atoms with E-state index in [9.17, 15) is 0 Å². The Morgan fingerprint density at radius 2 is 1.76 bits per heavy atom. The van der Waals surface area contributed by atoms with Crippen LogP contribution in [0.3, 0.4) is 0 Å². The molecule has 0 unspecified atom stereocenters. The Kier molecular flexibility index (Phi) is 2.72. The summed E-state index contributed by atoms with van der Waals surface area (Å²) in [6, 6.07) is 7.79. The molecule has 86 valence electrons. The molecule has 3 nitrogen and oxygen atoms in total. The molecule has 0 spiro atoms. The third-order valence-electron chi connectivity index (χ3n) is 2.54. The lowest BCUT2D eigenvalue weighted by atomic mass is 10.1. The van der Waals surface area contributed by atoms with Crippen molar-refractivity contribution in [1.82, 2.24) is 9.97 Å². The molecule has 1 N–H and O–H groups in total. The number of benzene rings is 1. The van der Waals surface area contributed by atoms with Crippen molar-refractivity contribution < 1.29 is 0 Å². The first-order chi connectivity index (χ1) is 8.02. The molecular weight excluding hydrogens is 210 g/mol. The van der Waals surface area contributed by atoms with Crippen molar-refractivity contribution in [2.75, 3.05) is 5.32 Å². The fraction of sp³-hybridized carbons (Fsp3) is 0.286. The van der Waals surface area contributed by atoms with Crippen molar-refractivity contribution in [3.63, 3.8) is 0 Å². The van der Waals surface area contributed by atoms with Gasteiger partial charge in [-0.1, -0.05) is 18.1 Å². The van der Waals surface area contributed by atoms with Gasteiger partial charge in [0.25, 0.3) is 0 Å². The monoisotopic (exact) mass is 225 g/mol. The van der Waals surface area contributed by atoms with E-state index in [-0.39, 0.29) is 0 Å². The van der Waals surface area contributed by atoms with E-state index in [1.54, 1.807) is 0 Å². The molecule has 0 aliphatic rings. The van der Waals surface area contributed by atoms with E-state index in [4.69, 9.17) is 6.42 Å². The summed E-state index contributed by atoms with van der Waals surface area (Å²) in [5.74, 6) is 3.43. The van der Waals surface area contributed by atoms with Crippen molar-refractivity contribution in [2.45, 2.75) is 26.3 Å². The number of hydrogen-bond donors (Lipinski definition) is 1. The quantitative estimate of drug-likeness (QED) is 0.799. The standard InChI is InChI=1S/C14H15N3/c1-5-14(3,4)17-13-10(2)15-11-8-6-7-9-12(11)16-13/h1,6-9H,2-4H3,(H,16,17). The number of para-hydroxylation sites is 2. The Morgan fingerprint density at radius 1 is 1.18 bits per heavy atom. The molecule has 0 amide bonds. The highest BCUT2D eigenvalue weighted by molar-refractivity contribution is 5.76. The van der Waals surface area contributed by atoms with Crippen LogP contribution in [-0.2, 0) is 0 Å². The first-order valence-electron chi connectivity index (χ1n) is 5.51. The van der Waals surface area contributed by atoms with Gasteiger partial charge in [-0.15, -0.1) is 6.42 Å². The van der Waals surface area contributed by atoms with E-state index in [1.165, 1.54) is 0 Å². The van der Waals surface area contributed by atoms with Crippen LogP contribution in [0.15, 0.2) is 24.3 Å². The Morgan fingerprint density at radius 3 is 2.35 bits per heavy atom. The number of nitrogens with zero attached hydrogens (tertiary/aromatic N) is 2. The largest absolute Gasteiger partial charge is 0.353 e. The molecule has 1 aromatic heterocycles. The van der Waals surface area contributed by atoms with Crippen LogP contribution in [0.25, 0.3) is 11.0 Å². The fourth-order valence-electron chi connectivity index (χ4n) is 1.54. The number of hydrogen-bond acceptors (Lipinski definition) is 3. The Bertz CT molecular complexity index is 594. The number of fused-ring (bicyclic) bond motifs is 1. The van der Waals surface area contributed by atoms with Gasteiger partial charge in [0.15, 0.2) is 0 Å². The van der Waals surface area contributed by atoms with E-state index < -0.39 is 5.54 Å². The number of rotatable bonds is 2. The van der Waals surface area contributed by atoms with Gasteiger partial charge in [0.1, 0.15) is 5.82 Å². The maximum atomic E-state index is 5.46. The van der Waals surface area contributed by atoms with Crippen LogP contribution < -0.4 is 5.32 Å². The van der Waals surface area contributed by atoms with Gasteiger partial charge >= 0.3 is 0 Å². The Labute approximate surface area is 101 Å². The van der Waals surface area contributed by atoms with E-state index in [2.05, 4.69) is 21.2 Å². The number of terminal acetylenes is 1. The molecule has 0 atom stereocenters. The Hall–Kier alpha value is -2.08. The zero-order valence-electron chi connectivity index (χ0n) is 10.3. The smallest absolute Gasteiger partial charge is 0.149 e. The third kappa shape index (κ3) is 2.36. The molecule has 2 aromatic rings. The average Bonchev–Trinajstić information content (AvgIpc) is 2.30. The lowest BCUT2D eigenvalue weighted by Gasteiger charge is -2.21. The van der Waals surface area contributed by atoms with Gasteiger partial charge in [-0.05, 0) is 32.9 Å².